The number of benzene rings is 1. The Kier molecular flexibility index (Phi) is 4.79. The highest BCUT2D eigenvalue weighted by Gasteiger charge is 2.34. The number of piperidine rings is 1. The Hall–Kier alpha value is -2.90. The normalized spacial score (nSPS) is 17.3. The molecule has 3 heterocycles. The zero-order valence-corrected chi connectivity index (χ0v) is 15.1. The fraction of sp³-hybridized carbons (Fsp3) is 0.421. The molecule has 1 fully saturated rings. The molecule has 1 amide bonds. The first-order valence-corrected chi connectivity index (χ1v) is 9.02. The van der Waals surface area contributed by atoms with E-state index in [-0.39, 0.29) is 17.5 Å². The molecule has 27 heavy (non-hydrogen) atoms. The first-order chi connectivity index (χ1) is 13.2. The van der Waals surface area contributed by atoms with Crippen LogP contribution in [0, 0.1) is 11.7 Å². The van der Waals surface area contributed by atoms with E-state index in [0.29, 0.717) is 56.7 Å². The quantitative estimate of drug-likeness (QED) is 0.823. The Morgan fingerprint density at radius 1 is 1.26 bits per heavy atom. The molecule has 0 saturated carbocycles. The maximum absolute atomic E-state index is 14.3. The SMILES string of the molecule is COc1ccnc(N2CCC(C(=O)N3CCOc4cccc(F)c43)CC2)n1. The molecule has 2 aromatic rings. The van der Waals surface area contributed by atoms with E-state index in [9.17, 15) is 9.18 Å². The first-order valence-electron chi connectivity index (χ1n) is 9.02. The minimum absolute atomic E-state index is 0.0455. The van der Waals surface area contributed by atoms with E-state index in [1.165, 1.54) is 11.0 Å². The van der Waals surface area contributed by atoms with Crippen LogP contribution in [0.1, 0.15) is 12.8 Å². The third kappa shape index (κ3) is 3.39. The van der Waals surface area contributed by atoms with Gasteiger partial charge in [0.2, 0.25) is 17.7 Å². The number of hydrogen-bond donors (Lipinski definition) is 0. The summed E-state index contributed by atoms with van der Waals surface area (Å²) >= 11 is 0. The van der Waals surface area contributed by atoms with Crippen LogP contribution in [0.2, 0.25) is 0 Å². The van der Waals surface area contributed by atoms with Gasteiger partial charge in [-0.05, 0) is 25.0 Å². The highest BCUT2D eigenvalue weighted by Crippen LogP contribution is 2.36. The van der Waals surface area contributed by atoms with Gasteiger partial charge >= 0.3 is 0 Å². The molecule has 7 nitrogen and oxygen atoms in total. The van der Waals surface area contributed by atoms with Gasteiger partial charge in [-0.25, -0.2) is 9.37 Å². The van der Waals surface area contributed by atoms with Crippen LogP contribution < -0.4 is 19.3 Å². The first kappa shape index (κ1) is 17.5. The summed E-state index contributed by atoms with van der Waals surface area (Å²) in [6.07, 6.45) is 2.99. The number of fused-ring (bicyclic) bond motifs is 1. The molecule has 0 spiro atoms. The van der Waals surface area contributed by atoms with E-state index in [4.69, 9.17) is 9.47 Å². The molecule has 8 heteroatoms. The maximum atomic E-state index is 14.3. The van der Waals surface area contributed by atoms with Crippen molar-refractivity contribution in [3.8, 4) is 11.6 Å². The summed E-state index contributed by atoms with van der Waals surface area (Å²) < 4.78 is 24.9. The second-order valence-electron chi connectivity index (χ2n) is 6.59. The molecule has 0 N–H and O–H groups in total. The van der Waals surface area contributed by atoms with Crippen LogP contribution in [0.4, 0.5) is 16.0 Å². The average Bonchev–Trinajstić information content (AvgIpc) is 2.73. The van der Waals surface area contributed by atoms with Crippen LogP contribution in [-0.4, -0.2) is 49.2 Å². The lowest BCUT2D eigenvalue weighted by Crippen LogP contribution is -2.46. The highest BCUT2D eigenvalue weighted by atomic mass is 19.1. The molecule has 0 bridgehead atoms. The largest absolute Gasteiger partial charge is 0.489 e. The monoisotopic (exact) mass is 372 g/mol. The summed E-state index contributed by atoms with van der Waals surface area (Å²) in [5.74, 6) is 0.912. The number of anilines is 2. The maximum Gasteiger partial charge on any atom is 0.230 e. The third-order valence-electron chi connectivity index (χ3n) is 5.01. The molecule has 0 unspecified atom stereocenters. The number of hydrogen-bond acceptors (Lipinski definition) is 6. The van der Waals surface area contributed by atoms with Gasteiger partial charge in [0.25, 0.3) is 0 Å². The van der Waals surface area contributed by atoms with E-state index in [1.54, 1.807) is 31.5 Å². The Labute approximate surface area is 156 Å². The van der Waals surface area contributed by atoms with Gasteiger partial charge in [0, 0.05) is 31.3 Å². The highest BCUT2D eigenvalue weighted by molar-refractivity contribution is 5.97. The lowest BCUT2D eigenvalue weighted by Gasteiger charge is -2.36. The Bertz CT molecular complexity index is 839. The van der Waals surface area contributed by atoms with Gasteiger partial charge in [-0.1, -0.05) is 6.07 Å². The summed E-state index contributed by atoms with van der Waals surface area (Å²) in [5, 5.41) is 0. The van der Waals surface area contributed by atoms with Crippen molar-refractivity contribution >= 4 is 17.5 Å². The molecule has 2 aliphatic rings. The van der Waals surface area contributed by atoms with E-state index >= 15 is 0 Å². The van der Waals surface area contributed by atoms with Crippen LogP contribution in [0.3, 0.4) is 0 Å². The minimum atomic E-state index is -0.428. The van der Waals surface area contributed by atoms with E-state index in [0.717, 1.165) is 0 Å². The van der Waals surface area contributed by atoms with Crippen molar-refractivity contribution in [3.63, 3.8) is 0 Å². The number of rotatable bonds is 3. The van der Waals surface area contributed by atoms with Crippen LogP contribution in [-0.2, 0) is 4.79 Å². The number of para-hydroxylation sites is 1. The lowest BCUT2D eigenvalue weighted by molar-refractivity contribution is -0.123. The van der Waals surface area contributed by atoms with Crippen molar-refractivity contribution in [1.82, 2.24) is 9.97 Å². The van der Waals surface area contributed by atoms with E-state index in [1.807, 2.05) is 4.90 Å². The van der Waals surface area contributed by atoms with Crippen LogP contribution in [0.25, 0.3) is 0 Å². The van der Waals surface area contributed by atoms with Crippen LogP contribution in [0.15, 0.2) is 30.5 Å². The summed E-state index contributed by atoms with van der Waals surface area (Å²) in [4.78, 5) is 25.3. The number of carbonyl (C=O) groups excluding carboxylic acids is 1. The minimum Gasteiger partial charge on any atom is -0.489 e. The summed E-state index contributed by atoms with van der Waals surface area (Å²) in [6, 6.07) is 6.34. The predicted molar refractivity (Wildman–Crippen MR) is 97.8 cm³/mol. The van der Waals surface area contributed by atoms with Gasteiger partial charge in [0.15, 0.2) is 5.82 Å². The van der Waals surface area contributed by atoms with Gasteiger partial charge in [0.05, 0.1) is 13.7 Å². The molecule has 2 aliphatic heterocycles. The number of methoxy groups -OCH3 is 1. The lowest BCUT2D eigenvalue weighted by atomic mass is 9.95. The van der Waals surface area contributed by atoms with Crippen molar-refractivity contribution in [2.24, 2.45) is 5.92 Å². The Balaban J connectivity index is 1.45. The molecule has 0 aliphatic carbocycles. The summed E-state index contributed by atoms with van der Waals surface area (Å²) in [7, 11) is 1.57. The van der Waals surface area contributed by atoms with Crippen molar-refractivity contribution in [3.05, 3.63) is 36.3 Å². The molecular formula is C19H21FN4O3. The molecule has 142 valence electrons. The number of halogens is 1. The number of aromatic nitrogens is 2. The van der Waals surface area contributed by atoms with Crippen molar-refractivity contribution in [2.45, 2.75) is 12.8 Å². The van der Waals surface area contributed by atoms with Gasteiger partial charge in [0.1, 0.15) is 18.0 Å². The fourth-order valence-corrected chi connectivity index (χ4v) is 3.60. The summed E-state index contributed by atoms with van der Waals surface area (Å²) in [6.45, 7) is 2.07. The van der Waals surface area contributed by atoms with Crippen molar-refractivity contribution in [2.75, 3.05) is 43.2 Å². The molecule has 0 radical (unpaired) electrons. The molecule has 1 aromatic heterocycles. The predicted octanol–water partition coefficient (Wildman–Crippen LogP) is 2.27. The average molecular weight is 372 g/mol. The van der Waals surface area contributed by atoms with Crippen LogP contribution in [0.5, 0.6) is 11.6 Å². The number of nitrogens with zero attached hydrogens (tertiary/aromatic N) is 4. The van der Waals surface area contributed by atoms with Gasteiger partial charge in [-0.2, -0.15) is 4.98 Å². The number of ether oxygens (including phenoxy) is 2. The molecule has 0 atom stereocenters. The van der Waals surface area contributed by atoms with E-state index in [2.05, 4.69) is 9.97 Å². The van der Waals surface area contributed by atoms with Gasteiger partial charge < -0.3 is 19.3 Å². The second kappa shape index (κ2) is 7.38. The van der Waals surface area contributed by atoms with Gasteiger partial charge in [-0.15, -0.1) is 0 Å². The molecule has 4 rings (SSSR count). The summed E-state index contributed by atoms with van der Waals surface area (Å²) in [5.41, 5.74) is 0.257. The van der Waals surface area contributed by atoms with Crippen molar-refractivity contribution in [1.29, 1.82) is 0 Å². The second-order valence-corrected chi connectivity index (χ2v) is 6.59. The standard InChI is InChI=1S/C19H21FN4O3/c1-26-16-5-8-21-19(22-16)23-9-6-13(7-10-23)18(25)24-11-12-27-15-4-2-3-14(20)17(15)24/h2-5,8,13H,6-7,9-12H2,1H3. The number of carbonyl (C=O) groups is 1. The zero-order chi connectivity index (χ0) is 18.8. The third-order valence-corrected chi connectivity index (χ3v) is 5.01. The molecule has 1 aromatic carbocycles. The fourth-order valence-electron chi connectivity index (χ4n) is 3.60. The van der Waals surface area contributed by atoms with E-state index < -0.39 is 5.82 Å². The van der Waals surface area contributed by atoms with Crippen molar-refractivity contribution < 1.29 is 18.7 Å². The zero-order valence-electron chi connectivity index (χ0n) is 15.1. The Morgan fingerprint density at radius 3 is 2.85 bits per heavy atom. The topological polar surface area (TPSA) is 67.8 Å². The smallest absolute Gasteiger partial charge is 0.230 e. The van der Waals surface area contributed by atoms with Crippen LogP contribution >= 0.6 is 0 Å². The van der Waals surface area contributed by atoms with Gasteiger partial charge in [-0.3, -0.25) is 4.79 Å². The number of amides is 1. The molecule has 1 saturated heterocycles. The molecular weight excluding hydrogens is 351 g/mol. The Morgan fingerprint density at radius 2 is 2.07 bits per heavy atom.